The zero-order valence-electron chi connectivity index (χ0n) is 13.0. The number of aromatic hydroxyl groups is 1. The third kappa shape index (κ3) is 4.19. The molecular weight excluding hydrogens is 336 g/mol. The van der Waals surface area contributed by atoms with Crippen LogP contribution in [-0.2, 0) is 0 Å². The van der Waals surface area contributed by atoms with E-state index in [-0.39, 0.29) is 5.75 Å². The minimum atomic E-state index is 0.272. The second-order valence-corrected chi connectivity index (χ2v) is 6.80. The molecule has 0 heterocycles. The summed E-state index contributed by atoms with van der Waals surface area (Å²) in [7, 11) is 0. The van der Waals surface area contributed by atoms with Gasteiger partial charge in [0.25, 0.3) is 0 Å². The van der Waals surface area contributed by atoms with Gasteiger partial charge in [-0.15, -0.1) is 11.8 Å². The lowest BCUT2D eigenvalue weighted by Crippen LogP contribution is -2.30. The van der Waals surface area contributed by atoms with Gasteiger partial charge in [-0.3, -0.25) is 0 Å². The maximum absolute atomic E-state index is 9.93. The van der Waals surface area contributed by atoms with Crippen molar-refractivity contribution in [3.63, 3.8) is 0 Å². The van der Waals surface area contributed by atoms with E-state index in [1.807, 2.05) is 48.5 Å². The number of rotatable bonds is 5. The van der Waals surface area contributed by atoms with Crippen molar-refractivity contribution in [1.82, 2.24) is 5.32 Å². The molecule has 0 aromatic heterocycles. The molecule has 0 saturated carbocycles. The summed E-state index contributed by atoms with van der Waals surface area (Å²) in [6, 6.07) is 21.5. The Hall–Kier alpha value is -2.24. The van der Waals surface area contributed by atoms with Crippen molar-refractivity contribution in [2.45, 2.75) is 4.90 Å². The highest BCUT2D eigenvalue weighted by molar-refractivity contribution is 7.99. The molecule has 0 amide bonds. The summed E-state index contributed by atoms with van der Waals surface area (Å²) < 4.78 is 0. The molecule has 122 valence electrons. The van der Waals surface area contributed by atoms with E-state index in [9.17, 15) is 5.11 Å². The Morgan fingerprint density at radius 2 is 1.67 bits per heavy atom. The minimum absolute atomic E-state index is 0.272. The average molecular weight is 355 g/mol. The maximum atomic E-state index is 9.93. The minimum Gasteiger partial charge on any atom is -0.507 e. The lowest BCUT2D eigenvalue weighted by atomic mass is 10.1. The van der Waals surface area contributed by atoms with Gasteiger partial charge in [-0.05, 0) is 36.5 Å². The number of benzene rings is 3. The van der Waals surface area contributed by atoms with Gasteiger partial charge in [0.2, 0.25) is 0 Å². The summed E-state index contributed by atoms with van der Waals surface area (Å²) in [5, 5.41) is 18.7. The predicted octanol–water partition coefficient (Wildman–Crippen LogP) is 4.62. The van der Waals surface area contributed by atoms with Crippen molar-refractivity contribution < 1.29 is 5.11 Å². The van der Waals surface area contributed by atoms with E-state index in [1.54, 1.807) is 17.8 Å². The number of fused-ring (bicyclic) bond motifs is 1. The third-order valence-corrected chi connectivity index (χ3v) is 4.81. The van der Waals surface area contributed by atoms with Crippen LogP contribution in [-0.4, -0.2) is 22.5 Å². The second-order valence-electron chi connectivity index (χ2n) is 5.22. The monoisotopic (exact) mass is 354 g/mol. The fraction of sp³-hybridized carbons (Fsp3) is 0.105. The lowest BCUT2D eigenvalue weighted by Gasteiger charge is -2.13. The summed E-state index contributed by atoms with van der Waals surface area (Å²) in [4.78, 5) is 1.25. The molecule has 0 unspecified atom stereocenters. The highest BCUT2D eigenvalue weighted by atomic mass is 32.2. The van der Waals surface area contributed by atoms with Crippen molar-refractivity contribution >= 4 is 45.6 Å². The van der Waals surface area contributed by atoms with Crippen molar-refractivity contribution in [1.29, 1.82) is 0 Å². The highest BCUT2D eigenvalue weighted by Gasteiger charge is 2.05. The molecule has 3 nitrogen and oxygen atoms in total. The average Bonchev–Trinajstić information content (AvgIpc) is 2.61. The molecule has 0 aliphatic rings. The molecule has 5 heteroatoms. The summed E-state index contributed by atoms with van der Waals surface area (Å²) in [6.45, 7) is 0.779. The molecule has 0 spiro atoms. The zero-order valence-corrected chi connectivity index (χ0v) is 14.7. The topological polar surface area (TPSA) is 44.3 Å². The number of hydrogen-bond donors (Lipinski definition) is 3. The summed E-state index contributed by atoms with van der Waals surface area (Å²) >= 11 is 7.16. The SMILES string of the molecule is Oc1cccc2c(NC(=S)NCCSc3ccccc3)cccc12. The van der Waals surface area contributed by atoms with Gasteiger partial charge in [-0.25, -0.2) is 0 Å². The fourth-order valence-electron chi connectivity index (χ4n) is 2.42. The van der Waals surface area contributed by atoms with Gasteiger partial charge in [0, 0.05) is 33.7 Å². The first-order valence-electron chi connectivity index (χ1n) is 7.67. The molecule has 0 saturated heterocycles. The molecule has 3 aromatic carbocycles. The first-order chi connectivity index (χ1) is 11.7. The lowest BCUT2D eigenvalue weighted by molar-refractivity contribution is 0.481. The van der Waals surface area contributed by atoms with Gasteiger partial charge >= 0.3 is 0 Å². The van der Waals surface area contributed by atoms with Crippen molar-refractivity contribution in [2.24, 2.45) is 0 Å². The van der Waals surface area contributed by atoms with Crippen LogP contribution in [0.5, 0.6) is 5.75 Å². The van der Waals surface area contributed by atoms with Crippen LogP contribution in [0.4, 0.5) is 5.69 Å². The number of thiocarbonyl (C=S) groups is 1. The molecule has 3 N–H and O–H groups in total. The first-order valence-corrected chi connectivity index (χ1v) is 9.07. The number of hydrogen-bond acceptors (Lipinski definition) is 3. The molecular formula is C19H18N2OS2. The predicted molar refractivity (Wildman–Crippen MR) is 107 cm³/mol. The van der Waals surface area contributed by atoms with Gasteiger partial charge in [0.05, 0.1) is 0 Å². The normalized spacial score (nSPS) is 10.5. The molecule has 0 atom stereocenters. The molecule has 0 bridgehead atoms. The summed E-state index contributed by atoms with van der Waals surface area (Å²) in [5.41, 5.74) is 0.886. The van der Waals surface area contributed by atoms with Crippen LogP contribution in [0, 0.1) is 0 Å². The molecule has 0 aliphatic carbocycles. The van der Waals surface area contributed by atoms with Gasteiger partial charge in [0.15, 0.2) is 5.11 Å². The van der Waals surface area contributed by atoms with Crippen LogP contribution in [0.25, 0.3) is 10.8 Å². The second kappa shape index (κ2) is 8.04. The smallest absolute Gasteiger partial charge is 0.170 e. The van der Waals surface area contributed by atoms with Gasteiger partial charge in [-0.2, -0.15) is 0 Å². The van der Waals surface area contributed by atoms with E-state index in [0.29, 0.717) is 5.11 Å². The zero-order chi connectivity index (χ0) is 16.8. The van der Waals surface area contributed by atoms with Crippen LogP contribution in [0.3, 0.4) is 0 Å². The van der Waals surface area contributed by atoms with E-state index < -0.39 is 0 Å². The van der Waals surface area contributed by atoms with Gasteiger partial charge < -0.3 is 15.7 Å². The van der Waals surface area contributed by atoms with Crippen molar-refractivity contribution in [2.75, 3.05) is 17.6 Å². The van der Waals surface area contributed by atoms with E-state index >= 15 is 0 Å². The third-order valence-electron chi connectivity index (χ3n) is 3.55. The van der Waals surface area contributed by atoms with Crippen molar-refractivity contribution in [3.8, 4) is 5.75 Å². The van der Waals surface area contributed by atoms with Crippen molar-refractivity contribution in [3.05, 3.63) is 66.7 Å². The first kappa shape index (κ1) is 16.6. The Morgan fingerprint density at radius 3 is 2.50 bits per heavy atom. The standard InChI is InChI=1S/C19H18N2OS2/c22-18-11-5-8-15-16(18)9-4-10-17(15)21-19(23)20-12-13-24-14-6-2-1-3-7-14/h1-11,22H,12-13H2,(H2,20,21,23). The molecule has 24 heavy (non-hydrogen) atoms. The Kier molecular flexibility index (Phi) is 5.56. The van der Waals surface area contributed by atoms with E-state index in [1.165, 1.54) is 4.90 Å². The number of phenolic OH excluding ortho intramolecular Hbond substituents is 1. The summed E-state index contributed by atoms with van der Waals surface area (Å²) in [5.74, 6) is 1.21. The highest BCUT2D eigenvalue weighted by Crippen LogP contribution is 2.29. The van der Waals surface area contributed by atoms with Crippen LogP contribution in [0.1, 0.15) is 0 Å². The van der Waals surface area contributed by atoms with E-state index in [0.717, 1.165) is 28.8 Å². The van der Waals surface area contributed by atoms with Gasteiger partial charge in [0.1, 0.15) is 5.75 Å². The van der Waals surface area contributed by atoms with E-state index in [4.69, 9.17) is 12.2 Å². The Morgan fingerprint density at radius 1 is 0.917 bits per heavy atom. The van der Waals surface area contributed by atoms with Gasteiger partial charge in [-0.1, -0.05) is 42.5 Å². The molecule has 0 radical (unpaired) electrons. The maximum Gasteiger partial charge on any atom is 0.170 e. The number of thioether (sulfide) groups is 1. The Balaban J connectivity index is 1.55. The Labute approximate surface area is 151 Å². The van der Waals surface area contributed by atoms with Crippen LogP contribution >= 0.6 is 24.0 Å². The number of nitrogens with one attached hydrogen (secondary N) is 2. The van der Waals surface area contributed by atoms with E-state index in [2.05, 4.69) is 22.8 Å². The number of anilines is 1. The quantitative estimate of drug-likeness (QED) is 0.354. The molecule has 0 fully saturated rings. The number of phenols is 1. The fourth-order valence-corrected chi connectivity index (χ4v) is 3.42. The van der Waals surface area contributed by atoms with Crippen LogP contribution < -0.4 is 10.6 Å². The van der Waals surface area contributed by atoms with Crippen LogP contribution in [0.2, 0.25) is 0 Å². The molecule has 3 rings (SSSR count). The summed E-state index contributed by atoms with van der Waals surface area (Å²) in [6.07, 6.45) is 0. The Bertz CT molecular complexity index is 837. The molecule has 0 aliphatic heterocycles. The van der Waals surface area contributed by atoms with Crippen LogP contribution in [0.15, 0.2) is 71.6 Å². The largest absolute Gasteiger partial charge is 0.507 e. The molecule has 3 aromatic rings.